The number of halogens is 1. The van der Waals surface area contributed by atoms with Gasteiger partial charge in [0, 0.05) is 5.02 Å². The largest absolute Gasteiger partial charge is 0.495 e. The van der Waals surface area contributed by atoms with Crippen molar-refractivity contribution in [3.63, 3.8) is 0 Å². The number of hydrogen-bond donors (Lipinski definition) is 1. The Morgan fingerprint density at radius 2 is 1.77 bits per heavy atom. The summed E-state index contributed by atoms with van der Waals surface area (Å²) in [5.41, 5.74) is 3.22. The molecule has 0 atom stereocenters. The van der Waals surface area contributed by atoms with Crippen molar-refractivity contribution in [2.24, 2.45) is 0 Å². The number of nitrogens with one attached hydrogen (secondary N) is 1. The van der Waals surface area contributed by atoms with E-state index in [0.29, 0.717) is 22.2 Å². The number of aryl methyl sites for hydroxylation is 3. The van der Waals surface area contributed by atoms with Crippen LogP contribution in [0.5, 0.6) is 11.5 Å². The lowest BCUT2D eigenvalue weighted by Crippen LogP contribution is -2.18. The smallest absolute Gasteiger partial charge is 0.417 e. The second-order valence-electron chi connectivity index (χ2n) is 5.09. The van der Waals surface area contributed by atoms with Crippen LogP contribution in [0.15, 0.2) is 30.3 Å². The minimum absolute atomic E-state index is 0.478. The van der Waals surface area contributed by atoms with E-state index < -0.39 is 6.09 Å². The summed E-state index contributed by atoms with van der Waals surface area (Å²) in [7, 11) is 1.55. The molecule has 0 unspecified atom stereocenters. The second kappa shape index (κ2) is 6.71. The Kier molecular flexibility index (Phi) is 4.93. The Labute approximate surface area is 135 Å². The fourth-order valence-electron chi connectivity index (χ4n) is 2.02. The van der Waals surface area contributed by atoms with Crippen LogP contribution in [0.2, 0.25) is 5.02 Å². The van der Waals surface area contributed by atoms with Crippen LogP contribution in [0.25, 0.3) is 0 Å². The molecule has 2 aromatic rings. The minimum Gasteiger partial charge on any atom is -0.495 e. The monoisotopic (exact) mass is 319 g/mol. The molecule has 1 amide bonds. The van der Waals surface area contributed by atoms with Crippen molar-refractivity contribution in [3.8, 4) is 11.5 Å². The van der Waals surface area contributed by atoms with Gasteiger partial charge in [-0.1, -0.05) is 17.7 Å². The van der Waals surface area contributed by atoms with Crippen molar-refractivity contribution in [1.29, 1.82) is 0 Å². The molecule has 4 nitrogen and oxygen atoms in total. The first kappa shape index (κ1) is 16.2. The number of hydrogen-bond acceptors (Lipinski definition) is 3. The summed E-state index contributed by atoms with van der Waals surface area (Å²) in [4.78, 5) is 12.1. The predicted octanol–water partition coefficient (Wildman–Crippen LogP) is 4.88. The first-order valence-corrected chi connectivity index (χ1v) is 7.18. The van der Waals surface area contributed by atoms with Gasteiger partial charge in [-0.15, -0.1) is 0 Å². The zero-order valence-electron chi connectivity index (χ0n) is 13.0. The highest BCUT2D eigenvalue weighted by Crippen LogP contribution is 2.28. The zero-order valence-corrected chi connectivity index (χ0v) is 13.7. The molecule has 2 rings (SSSR count). The molecule has 0 saturated carbocycles. The summed E-state index contributed by atoms with van der Waals surface area (Å²) < 4.78 is 10.6. The molecule has 1 N–H and O–H groups in total. The first-order valence-electron chi connectivity index (χ1n) is 6.81. The van der Waals surface area contributed by atoms with Crippen LogP contribution in [0.3, 0.4) is 0 Å². The summed E-state index contributed by atoms with van der Waals surface area (Å²) in [5.74, 6) is 1.05. The number of ether oxygens (including phenoxy) is 2. The maximum atomic E-state index is 12.1. The van der Waals surface area contributed by atoms with Crippen molar-refractivity contribution in [2.75, 3.05) is 12.4 Å². The molecular weight excluding hydrogens is 302 g/mol. The summed E-state index contributed by atoms with van der Waals surface area (Å²) in [6.45, 7) is 5.62. The predicted molar refractivity (Wildman–Crippen MR) is 88.3 cm³/mol. The second-order valence-corrected chi connectivity index (χ2v) is 5.49. The van der Waals surface area contributed by atoms with E-state index >= 15 is 0 Å². The van der Waals surface area contributed by atoms with Gasteiger partial charge < -0.3 is 9.47 Å². The van der Waals surface area contributed by atoms with Crippen LogP contribution in [0, 0.1) is 20.8 Å². The van der Waals surface area contributed by atoms with Crippen LogP contribution in [0.4, 0.5) is 10.5 Å². The van der Waals surface area contributed by atoms with Crippen molar-refractivity contribution < 1.29 is 14.3 Å². The molecule has 0 aromatic heterocycles. The third-order valence-corrected chi connectivity index (χ3v) is 3.66. The number of amides is 1. The maximum absolute atomic E-state index is 12.1. The molecule has 0 aliphatic carbocycles. The molecule has 116 valence electrons. The Balaban J connectivity index is 2.17. The van der Waals surface area contributed by atoms with Gasteiger partial charge in [-0.2, -0.15) is 0 Å². The molecule has 0 aliphatic rings. The normalized spacial score (nSPS) is 10.2. The molecule has 0 bridgehead atoms. The third kappa shape index (κ3) is 3.71. The van der Waals surface area contributed by atoms with Crippen LogP contribution < -0.4 is 14.8 Å². The van der Waals surface area contributed by atoms with Crippen molar-refractivity contribution in [1.82, 2.24) is 0 Å². The topological polar surface area (TPSA) is 47.6 Å². The van der Waals surface area contributed by atoms with Gasteiger partial charge in [0.1, 0.15) is 11.5 Å². The fraction of sp³-hybridized carbons (Fsp3) is 0.235. The van der Waals surface area contributed by atoms with Gasteiger partial charge >= 0.3 is 6.09 Å². The van der Waals surface area contributed by atoms with Gasteiger partial charge in [0.25, 0.3) is 0 Å². The molecular formula is C17H18ClNO3. The lowest BCUT2D eigenvalue weighted by Gasteiger charge is -2.13. The third-order valence-electron chi connectivity index (χ3n) is 3.25. The van der Waals surface area contributed by atoms with E-state index in [2.05, 4.69) is 5.32 Å². The summed E-state index contributed by atoms with van der Waals surface area (Å²) in [6, 6.07) is 9.03. The number of carbonyl (C=O) groups excluding carboxylic acids is 1. The number of carbonyl (C=O) groups is 1. The van der Waals surface area contributed by atoms with E-state index in [-0.39, 0.29) is 0 Å². The van der Waals surface area contributed by atoms with E-state index in [1.165, 1.54) is 0 Å². The number of rotatable bonds is 3. The standard InChI is InChI=1S/C17H18ClNO3/c1-10-5-6-15(21-4)14(7-10)19-17(20)22-16-9-11(2)13(18)8-12(16)3/h5-9H,1-4H3,(H,19,20). The molecule has 2 aromatic carbocycles. The molecule has 0 heterocycles. The Morgan fingerprint density at radius 3 is 2.45 bits per heavy atom. The van der Waals surface area contributed by atoms with E-state index in [1.54, 1.807) is 25.3 Å². The van der Waals surface area contributed by atoms with Crippen molar-refractivity contribution in [3.05, 3.63) is 52.0 Å². The molecule has 5 heteroatoms. The lowest BCUT2D eigenvalue weighted by molar-refractivity contribution is 0.214. The van der Waals surface area contributed by atoms with E-state index in [4.69, 9.17) is 21.1 Å². The average Bonchev–Trinajstić information content (AvgIpc) is 2.45. The molecule has 0 fully saturated rings. The van der Waals surface area contributed by atoms with Gasteiger partial charge in [-0.3, -0.25) is 5.32 Å². The number of anilines is 1. The van der Waals surface area contributed by atoms with Gasteiger partial charge in [0.2, 0.25) is 0 Å². The van der Waals surface area contributed by atoms with Gasteiger partial charge in [-0.05, 0) is 61.7 Å². The molecule has 0 radical (unpaired) electrons. The van der Waals surface area contributed by atoms with Crippen LogP contribution in [-0.2, 0) is 0 Å². The van der Waals surface area contributed by atoms with Crippen molar-refractivity contribution >= 4 is 23.4 Å². The summed E-state index contributed by atoms with van der Waals surface area (Å²) in [5, 5.41) is 3.34. The molecule has 0 aliphatic heterocycles. The summed E-state index contributed by atoms with van der Waals surface area (Å²) >= 11 is 6.04. The molecule has 0 saturated heterocycles. The Morgan fingerprint density at radius 1 is 1.05 bits per heavy atom. The molecule has 0 spiro atoms. The number of benzene rings is 2. The van der Waals surface area contributed by atoms with Crippen LogP contribution in [0.1, 0.15) is 16.7 Å². The summed E-state index contributed by atoms with van der Waals surface area (Å²) in [6.07, 6.45) is -0.575. The molecule has 22 heavy (non-hydrogen) atoms. The van der Waals surface area contributed by atoms with Crippen LogP contribution >= 0.6 is 11.6 Å². The first-order chi connectivity index (χ1) is 10.4. The highest BCUT2D eigenvalue weighted by atomic mass is 35.5. The van der Waals surface area contributed by atoms with Crippen molar-refractivity contribution in [2.45, 2.75) is 20.8 Å². The lowest BCUT2D eigenvalue weighted by atomic mass is 10.1. The van der Waals surface area contributed by atoms with Gasteiger partial charge in [-0.25, -0.2) is 4.79 Å². The van der Waals surface area contributed by atoms with E-state index in [1.807, 2.05) is 32.9 Å². The van der Waals surface area contributed by atoms with Gasteiger partial charge in [0.15, 0.2) is 0 Å². The fourth-order valence-corrected chi connectivity index (χ4v) is 2.24. The zero-order chi connectivity index (χ0) is 16.3. The highest BCUT2D eigenvalue weighted by Gasteiger charge is 2.12. The van der Waals surface area contributed by atoms with E-state index in [0.717, 1.165) is 16.7 Å². The highest BCUT2D eigenvalue weighted by molar-refractivity contribution is 6.31. The SMILES string of the molecule is COc1ccc(C)cc1NC(=O)Oc1cc(C)c(Cl)cc1C. The minimum atomic E-state index is -0.575. The van der Waals surface area contributed by atoms with Gasteiger partial charge in [0.05, 0.1) is 12.8 Å². The number of methoxy groups -OCH3 is 1. The van der Waals surface area contributed by atoms with Crippen LogP contribution in [-0.4, -0.2) is 13.2 Å². The quantitative estimate of drug-likeness (QED) is 0.876. The van der Waals surface area contributed by atoms with E-state index in [9.17, 15) is 4.79 Å². The average molecular weight is 320 g/mol. The Hall–Kier alpha value is -2.20. The maximum Gasteiger partial charge on any atom is 0.417 e. The Bertz CT molecular complexity index is 713.